The number of amides is 1. The number of carbonyl (C=O) groups is 1. The fraction of sp³-hybridized carbons (Fsp3) is 0.300. The molecule has 26 heavy (non-hydrogen) atoms. The summed E-state index contributed by atoms with van der Waals surface area (Å²) in [5.74, 6) is 0.122. The number of hydrogen-bond donors (Lipinski definition) is 1. The lowest BCUT2D eigenvalue weighted by Gasteiger charge is -2.31. The molecule has 1 aliphatic rings. The molecule has 1 fully saturated rings. The van der Waals surface area contributed by atoms with Gasteiger partial charge in [0.2, 0.25) is 5.91 Å². The minimum Gasteiger partial charge on any atom is -0.328 e. The first-order valence-electron chi connectivity index (χ1n) is 8.88. The molecule has 0 bridgehead atoms. The first kappa shape index (κ1) is 17.4. The van der Waals surface area contributed by atoms with Crippen LogP contribution in [0.15, 0.2) is 41.8 Å². The first-order valence-corrected chi connectivity index (χ1v) is 10.6. The van der Waals surface area contributed by atoms with E-state index in [2.05, 4.69) is 36.6 Å². The average molecular weight is 385 g/mol. The van der Waals surface area contributed by atoms with E-state index in [0.29, 0.717) is 0 Å². The summed E-state index contributed by atoms with van der Waals surface area (Å²) in [6, 6.07) is 10.4. The van der Waals surface area contributed by atoms with Crippen LogP contribution in [0.1, 0.15) is 15.4 Å². The van der Waals surface area contributed by atoms with Gasteiger partial charge in [-0.15, -0.1) is 22.7 Å². The van der Waals surface area contributed by atoms with Crippen LogP contribution < -0.4 is 4.90 Å². The molecular weight excluding hydrogens is 362 g/mol. The fourth-order valence-corrected chi connectivity index (χ4v) is 5.10. The van der Waals surface area contributed by atoms with Crippen LogP contribution in [0, 0.1) is 6.92 Å². The number of piperazine rings is 1. The maximum atomic E-state index is 12.4. The zero-order valence-corrected chi connectivity index (χ0v) is 16.4. The minimum atomic E-state index is 0.122. The van der Waals surface area contributed by atoms with E-state index in [0.717, 1.165) is 38.2 Å². The molecule has 0 radical (unpaired) electrons. The monoisotopic (exact) mass is 384 g/mol. The Kier molecular flexibility index (Phi) is 5.15. The Morgan fingerprint density at radius 1 is 1.27 bits per heavy atom. The van der Waals surface area contributed by atoms with Crippen molar-refractivity contribution in [2.45, 2.75) is 13.5 Å². The van der Waals surface area contributed by atoms with Crippen molar-refractivity contribution in [2.24, 2.45) is 0 Å². The zero-order chi connectivity index (χ0) is 17.9. The van der Waals surface area contributed by atoms with E-state index < -0.39 is 0 Å². The summed E-state index contributed by atoms with van der Waals surface area (Å²) in [6.07, 6.45) is 3.67. The molecule has 3 heterocycles. The van der Waals surface area contributed by atoms with E-state index in [1.54, 1.807) is 28.7 Å². The smallest absolute Gasteiger partial charge is 0.247 e. The number of nitrogens with zero attached hydrogens (tertiary/aromatic N) is 2. The largest absolute Gasteiger partial charge is 0.328 e. The summed E-state index contributed by atoms with van der Waals surface area (Å²) in [5, 5.41) is 3.25. The van der Waals surface area contributed by atoms with E-state index in [4.69, 9.17) is 4.98 Å². The molecule has 4 nitrogen and oxygen atoms in total. The van der Waals surface area contributed by atoms with Gasteiger partial charge in [-0.1, -0.05) is 12.1 Å². The minimum absolute atomic E-state index is 0.122. The summed E-state index contributed by atoms with van der Waals surface area (Å²) >= 11 is 3.46. The number of benzene rings is 1. The molecule has 3 aromatic rings. The molecule has 1 N–H and O–H groups in total. The Hall–Kier alpha value is -2.02. The van der Waals surface area contributed by atoms with E-state index >= 15 is 0 Å². The Morgan fingerprint density at radius 3 is 2.81 bits per heavy atom. The molecule has 0 unspecified atom stereocenters. The molecule has 0 spiro atoms. The summed E-state index contributed by atoms with van der Waals surface area (Å²) in [6.45, 7) is 6.61. The second-order valence-electron chi connectivity index (χ2n) is 6.63. The van der Waals surface area contributed by atoms with Gasteiger partial charge in [-0.25, -0.2) is 4.98 Å². The van der Waals surface area contributed by atoms with Crippen LogP contribution >= 0.6 is 22.7 Å². The Labute approximate surface area is 161 Å². The number of hydrogen-bond acceptors (Lipinski definition) is 4. The Bertz CT molecular complexity index is 902. The lowest BCUT2D eigenvalue weighted by molar-refractivity contribution is -0.917. The van der Waals surface area contributed by atoms with Crippen LogP contribution in [0.2, 0.25) is 0 Å². The van der Waals surface area contributed by atoms with Gasteiger partial charge < -0.3 is 9.80 Å². The van der Waals surface area contributed by atoms with Crippen molar-refractivity contribution in [1.82, 2.24) is 9.88 Å². The molecule has 0 saturated carbocycles. The number of fused-ring (bicyclic) bond motifs is 1. The normalized spacial score (nSPS) is 16.0. The van der Waals surface area contributed by atoms with Crippen LogP contribution in [-0.2, 0) is 11.3 Å². The molecule has 6 heteroatoms. The number of aromatic nitrogens is 1. The van der Waals surface area contributed by atoms with E-state index in [1.165, 1.54) is 25.0 Å². The number of nitrogens with one attached hydrogen (secondary N) is 1. The SMILES string of the molecule is Cc1ccsc1/C=C/C(=O)N1CC[NH+](Cc2nc3ccccc3s2)CC1. The van der Waals surface area contributed by atoms with Crippen molar-refractivity contribution >= 4 is 44.9 Å². The number of para-hydroxylation sites is 1. The highest BCUT2D eigenvalue weighted by Gasteiger charge is 2.23. The number of aryl methyl sites for hydroxylation is 1. The number of carbonyl (C=O) groups excluding carboxylic acids is 1. The maximum Gasteiger partial charge on any atom is 0.247 e. The third-order valence-electron chi connectivity index (χ3n) is 4.80. The van der Waals surface area contributed by atoms with Gasteiger partial charge in [0.25, 0.3) is 0 Å². The molecule has 1 saturated heterocycles. The molecule has 134 valence electrons. The van der Waals surface area contributed by atoms with Gasteiger partial charge >= 0.3 is 0 Å². The van der Waals surface area contributed by atoms with Crippen molar-refractivity contribution in [3.05, 3.63) is 57.2 Å². The predicted octanol–water partition coefficient (Wildman–Crippen LogP) is 2.61. The standard InChI is InChI=1S/C20H21N3OS2/c1-15-8-13-25-17(15)6-7-20(24)23-11-9-22(10-12-23)14-19-21-16-4-2-3-5-18(16)26-19/h2-8,13H,9-12,14H2,1H3/p+1/b7-6+. The maximum absolute atomic E-state index is 12.4. The van der Waals surface area contributed by atoms with Gasteiger partial charge in [0.05, 0.1) is 36.4 Å². The highest BCUT2D eigenvalue weighted by molar-refractivity contribution is 7.18. The lowest BCUT2D eigenvalue weighted by atomic mass is 10.2. The number of quaternary nitrogens is 1. The Morgan fingerprint density at radius 2 is 2.08 bits per heavy atom. The first-order chi connectivity index (χ1) is 12.7. The molecule has 4 rings (SSSR count). The van der Waals surface area contributed by atoms with Crippen molar-refractivity contribution in [1.29, 1.82) is 0 Å². The second-order valence-corrected chi connectivity index (χ2v) is 8.69. The van der Waals surface area contributed by atoms with Crippen molar-refractivity contribution in [2.75, 3.05) is 26.2 Å². The number of rotatable bonds is 4. The van der Waals surface area contributed by atoms with Gasteiger partial charge in [0.1, 0.15) is 11.6 Å². The molecule has 2 aromatic heterocycles. The van der Waals surface area contributed by atoms with Gasteiger partial charge in [-0.05, 0) is 42.1 Å². The molecule has 1 aliphatic heterocycles. The summed E-state index contributed by atoms with van der Waals surface area (Å²) in [4.78, 5) is 21.8. The topological polar surface area (TPSA) is 37.6 Å². The highest BCUT2D eigenvalue weighted by atomic mass is 32.1. The fourth-order valence-electron chi connectivity index (χ4n) is 3.24. The van der Waals surface area contributed by atoms with Crippen molar-refractivity contribution in [3.63, 3.8) is 0 Å². The highest BCUT2D eigenvalue weighted by Crippen LogP contribution is 2.21. The van der Waals surface area contributed by atoms with Crippen LogP contribution in [0.4, 0.5) is 0 Å². The van der Waals surface area contributed by atoms with Gasteiger partial charge in [-0.2, -0.15) is 0 Å². The van der Waals surface area contributed by atoms with Gasteiger partial charge in [0.15, 0.2) is 0 Å². The quantitative estimate of drug-likeness (QED) is 0.702. The van der Waals surface area contributed by atoms with Crippen LogP contribution in [0.25, 0.3) is 16.3 Å². The predicted molar refractivity (Wildman–Crippen MR) is 109 cm³/mol. The number of thiazole rings is 1. The lowest BCUT2D eigenvalue weighted by Crippen LogP contribution is -3.13. The molecule has 0 atom stereocenters. The second kappa shape index (κ2) is 7.70. The Balaban J connectivity index is 1.31. The van der Waals surface area contributed by atoms with Crippen molar-refractivity contribution in [3.8, 4) is 0 Å². The molecule has 1 amide bonds. The van der Waals surface area contributed by atoms with Gasteiger partial charge in [0, 0.05) is 11.0 Å². The molecule has 0 aliphatic carbocycles. The van der Waals surface area contributed by atoms with Gasteiger partial charge in [-0.3, -0.25) is 4.79 Å². The van der Waals surface area contributed by atoms with Crippen molar-refractivity contribution < 1.29 is 9.69 Å². The summed E-state index contributed by atoms with van der Waals surface area (Å²) in [5.41, 5.74) is 2.32. The van der Waals surface area contributed by atoms with Crippen LogP contribution in [0.3, 0.4) is 0 Å². The molecule has 1 aromatic carbocycles. The van der Waals surface area contributed by atoms with Crippen LogP contribution in [-0.4, -0.2) is 42.0 Å². The van der Waals surface area contributed by atoms with Crippen LogP contribution in [0.5, 0.6) is 0 Å². The zero-order valence-electron chi connectivity index (χ0n) is 14.8. The van der Waals surface area contributed by atoms with E-state index in [1.807, 2.05) is 17.0 Å². The molecular formula is C20H22N3OS2+. The summed E-state index contributed by atoms with van der Waals surface area (Å²) < 4.78 is 1.25. The average Bonchev–Trinajstić information content (AvgIpc) is 3.25. The third-order valence-corrected chi connectivity index (χ3v) is 6.82. The van der Waals surface area contributed by atoms with E-state index in [-0.39, 0.29) is 5.91 Å². The summed E-state index contributed by atoms with van der Waals surface area (Å²) in [7, 11) is 0. The van der Waals surface area contributed by atoms with E-state index in [9.17, 15) is 4.79 Å². The third kappa shape index (κ3) is 3.87. The number of thiophene rings is 1.